The zero-order valence-corrected chi connectivity index (χ0v) is 43.8. The van der Waals surface area contributed by atoms with Crippen LogP contribution < -0.4 is 31.9 Å². The van der Waals surface area contributed by atoms with Gasteiger partial charge in [0.2, 0.25) is 17.7 Å². The zero-order valence-electron chi connectivity index (χ0n) is 43.8. The number of hydrogen-bond acceptors (Lipinski definition) is 16. The van der Waals surface area contributed by atoms with Gasteiger partial charge in [-0.15, -0.1) is 0 Å². The summed E-state index contributed by atoms with van der Waals surface area (Å²) in [5, 5.41) is 45.8. The molecule has 2 bridgehead atoms. The van der Waals surface area contributed by atoms with Gasteiger partial charge in [0.05, 0.1) is 71.0 Å². The van der Waals surface area contributed by atoms with Crippen LogP contribution in [0.3, 0.4) is 0 Å². The van der Waals surface area contributed by atoms with Gasteiger partial charge in [0, 0.05) is 45.3 Å². The number of rotatable bonds is 30. The second kappa shape index (κ2) is 35.6. The maximum absolute atomic E-state index is 12.6. The molecule has 0 spiro atoms. The molecule has 19 heteroatoms. The fourth-order valence-corrected chi connectivity index (χ4v) is 8.86. The Balaban J connectivity index is 0.00000102. The number of ether oxygens (including phenoxy) is 4. The Morgan fingerprint density at radius 3 is 1.70 bits per heavy atom. The molecule has 0 saturated heterocycles. The van der Waals surface area contributed by atoms with Crippen molar-refractivity contribution in [1.82, 2.24) is 31.9 Å². The number of aliphatic hydroxyl groups excluding tert-OH is 3. The van der Waals surface area contributed by atoms with Crippen LogP contribution in [-0.4, -0.2) is 159 Å². The molecule has 0 aromatic carbocycles. The van der Waals surface area contributed by atoms with Gasteiger partial charge >= 0.3 is 17.9 Å². The Kier molecular flexibility index (Phi) is 32.8. The first-order valence-corrected chi connectivity index (χ1v) is 25.9. The van der Waals surface area contributed by atoms with E-state index >= 15 is 0 Å². The summed E-state index contributed by atoms with van der Waals surface area (Å²) in [6.45, 7) is 22.2. The second-order valence-corrected chi connectivity index (χ2v) is 19.2. The molecule has 3 fully saturated rings. The van der Waals surface area contributed by atoms with E-state index in [0.29, 0.717) is 50.7 Å². The molecule has 10 atom stereocenters. The van der Waals surface area contributed by atoms with Gasteiger partial charge in [0.15, 0.2) is 0 Å². The predicted octanol–water partition coefficient (Wildman–Crippen LogP) is 3.04. The number of nitrogens with one attached hydrogen (secondary N) is 6. The van der Waals surface area contributed by atoms with E-state index in [2.05, 4.69) is 38.8 Å². The van der Waals surface area contributed by atoms with Crippen LogP contribution in [0.5, 0.6) is 0 Å². The molecule has 3 saturated carbocycles. The Labute approximate surface area is 414 Å². The van der Waals surface area contributed by atoms with Crippen LogP contribution in [-0.2, 0) is 47.7 Å². The second-order valence-electron chi connectivity index (χ2n) is 19.2. The Hall–Kier alpha value is -3.46. The van der Waals surface area contributed by atoms with E-state index in [4.69, 9.17) is 24.1 Å². The van der Waals surface area contributed by atoms with Crippen LogP contribution in [0.25, 0.3) is 0 Å². The fraction of sp³-hybridized carbons (Fsp3) is 0.880. The van der Waals surface area contributed by atoms with Gasteiger partial charge in [0.25, 0.3) is 0 Å². The molecular weight excluding hydrogens is 893 g/mol. The van der Waals surface area contributed by atoms with E-state index in [1.54, 1.807) is 20.8 Å². The lowest BCUT2D eigenvalue weighted by Crippen LogP contribution is -2.51. The van der Waals surface area contributed by atoms with Crippen LogP contribution >= 0.6 is 0 Å². The van der Waals surface area contributed by atoms with Crippen molar-refractivity contribution in [1.29, 1.82) is 0 Å². The lowest BCUT2D eigenvalue weighted by atomic mass is 9.71. The minimum Gasteiger partial charge on any atom is -0.466 e. The monoisotopic (exact) mass is 989 g/mol. The number of aliphatic hydroxyl groups is 3. The first-order valence-electron chi connectivity index (χ1n) is 25.9. The zero-order chi connectivity index (χ0) is 51.9. The van der Waals surface area contributed by atoms with Crippen molar-refractivity contribution in [3.05, 3.63) is 0 Å². The molecule has 0 aliphatic heterocycles. The Morgan fingerprint density at radius 2 is 1.20 bits per heavy atom. The first kappa shape index (κ1) is 63.6. The highest BCUT2D eigenvalue weighted by Crippen LogP contribution is 2.57. The van der Waals surface area contributed by atoms with Gasteiger partial charge in [-0.3, -0.25) is 28.8 Å². The predicted molar refractivity (Wildman–Crippen MR) is 266 cm³/mol. The standard InChI is InChI=1S/C20H36N2O4.C16H30N2O4.C14H28N2O5.H2/c1-5-13(3)22-19(25)17(9-18(24)26-6-2)21-12-20(4)10-14-7-16(20)8-15(14)11-23;1-4-11(3)17-15(20)10-14(16(21)22-5-2)18-12-6-8-13(19)9-7-12;1-4-11(3)16-13(18)10-12(14(19)21-5-2)15-6-8-20-9-7-17;/h13-17,21,23H,5-12H2,1-4H3,(H,22,25);11-14,18-19H,4-10H2,1-3H3,(H,17,20);11-12,15,17H,4-10H2,1-3H3,(H,16,18);1H. The van der Waals surface area contributed by atoms with E-state index in [9.17, 15) is 39.0 Å². The quantitative estimate of drug-likeness (QED) is 0.0284. The molecule has 0 aromatic rings. The van der Waals surface area contributed by atoms with E-state index < -0.39 is 24.1 Å². The molecule has 10 unspecified atom stereocenters. The van der Waals surface area contributed by atoms with Crippen molar-refractivity contribution < 1.29 is 64.5 Å². The van der Waals surface area contributed by atoms with Gasteiger partial charge in [-0.05, 0) is 129 Å². The number of carbonyl (C=O) groups excluding carboxylic acids is 6. The smallest absolute Gasteiger partial charge is 0.323 e. The van der Waals surface area contributed by atoms with Crippen molar-refractivity contribution in [3.8, 4) is 0 Å². The largest absolute Gasteiger partial charge is 0.466 e. The van der Waals surface area contributed by atoms with Crippen LogP contribution in [0.15, 0.2) is 0 Å². The fourth-order valence-electron chi connectivity index (χ4n) is 8.86. The SMILES string of the molecule is CCOC(=O)C(CC(=O)NC(C)CC)NC1CCC(O)CC1.CCOC(=O)C(CC(=O)NC(C)CC)NCCOCCO.CCOC(=O)CC(NCC1(C)CC2CC1CC2CO)C(=O)NC(C)CC.[HH]. The molecule has 3 aliphatic rings. The highest BCUT2D eigenvalue weighted by atomic mass is 16.5. The maximum atomic E-state index is 12.6. The van der Waals surface area contributed by atoms with Gasteiger partial charge < -0.3 is 66.2 Å². The van der Waals surface area contributed by atoms with E-state index in [0.717, 1.165) is 57.8 Å². The van der Waals surface area contributed by atoms with Crippen molar-refractivity contribution in [3.63, 3.8) is 0 Å². The number of carbonyl (C=O) groups is 6. The average molecular weight is 989 g/mol. The molecule has 69 heavy (non-hydrogen) atoms. The summed E-state index contributed by atoms with van der Waals surface area (Å²) < 4.78 is 20.2. The summed E-state index contributed by atoms with van der Waals surface area (Å²) in [7, 11) is 0. The van der Waals surface area contributed by atoms with E-state index in [1.807, 2.05) is 41.5 Å². The number of hydrogen-bond donors (Lipinski definition) is 9. The Morgan fingerprint density at radius 1 is 0.667 bits per heavy atom. The topological polar surface area (TPSA) is 272 Å². The van der Waals surface area contributed by atoms with Crippen LogP contribution in [0.1, 0.15) is 154 Å². The lowest BCUT2D eigenvalue weighted by molar-refractivity contribution is -0.148. The average Bonchev–Trinajstić information content (AvgIpc) is 3.88. The molecule has 3 aliphatic carbocycles. The lowest BCUT2D eigenvalue weighted by Gasteiger charge is -2.38. The molecule has 3 amide bonds. The van der Waals surface area contributed by atoms with Crippen LogP contribution in [0.2, 0.25) is 0 Å². The minimum absolute atomic E-state index is 0. The van der Waals surface area contributed by atoms with Gasteiger partial charge in [-0.25, -0.2) is 0 Å². The Bertz CT molecular complexity index is 1490. The third-order valence-electron chi connectivity index (χ3n) is 13.5. The van der Waals surface area contributed by atoms with Crippen molar-refractivity contribution in [2.24, 2.45) is 23.2 Å². The van der Waals surface area contributed by atoms with Crippen molar-refractivity contribution in [2.45, 2.75) is 201 Å². The van der Waals surface area contributed by atoms with Gasteiger partial charge in [0.1, 0.15) is 12.1 Å². The minimum atomic E-state index is -0.688. The van der Waals surface area contributed by atoms with Gasteiger partial charge in [-0.2, -0.15) is 0 Å². The number of amides is 3. The molecule has 3 rings (SSSR count). The number of esters is 3. The number of fused-ring (bicyclic) bond motifs is 2. The summed E-state index contributed by atoms with van der Waals surface area (Å²) in [6.07, 6.45) is 8.86. The summed E-state index contributed by atoms with van der Waals surface area (Å²) >= 11 is 0. The molecule has 19 nitrogen and oxygen atoms in total. The molecule has 0 aromatic heterocycles. The molecule has 0 radical (unpaired) electrons. The maximum Gasteiger partial charge on any atom is 0.323 e. The third-order valence-corrected chi connectivity index (χ3v) is 13.5. The summed E-state index contributed by atoms with van der Waals surface area (Å²) in [5.41, 5.74) is 0.125. The summed E-state index contributed by atoms with van der Waals surface area (Å²) in [6, 6.07) is -1.47. The van der Waals surface area contributed by atoms with E-state index in [1.165, 1.54) is 6.42 Å². The highest BCUT2D eigenvalue weighted by molar-refractivity contribution is 5.87. The summed E-state index contributed by atoms with van der Waals surface area (Å²) in [4.78, 5) is 72.3. The molecule has 404 valence electrons. The summed E-state index contributed by atoms with van der Waals surface area (Å²) in [5.74, 6) is -0.0201. The molecular formula is C50H96N6O13. The van der Waals surface area contributed by atoms with Crippen LogP contribution in [0.4, 0.5) is 0 Å². The van der Waals surface area contributed by atoms with Crippen molar-refractivity contribution >= 4 is 35.6 Å². The normalized spacial score (nSPS) is 24.0. The van der Waals surface area contributed by atoms with E-state index in [-0.39, 0.29) is 112 Å². The van der Waals surface area contributed by atoms with Crippen molar-refractivity contribution in [2.75, 3.05) is 59.3 Å². The van der Waals surface area contributed by atoms with Crippen LogP contribution in [0, 0.1) is 23.2 Å². The highest BCUT2D eigenvalue weighted by Gasteiger charge is 2.52. The van der Waals surface area contributed by atoms with Gasteiger partial charge in [-0.1, -0.05) is 27.7 Å². The first-order chi connectivity index (χ1) is 32.8. The molecule has 0 heterocycles. The third kappa shape index (κ3) is 25.5. The molecule has 9 N–H and O–H groups in total.